The smallest absolute Gasteiger partial charge is 0.261 e. The molecule has 1 rings (SSSR count). The van der Waals surface area contributed by atoms with E-state index in [0.717, 1.165) is 12.1 Å². The Balaban J connectivity index is 2.85. The summed E-state index contributed by atoms with van der Waals surface area (Å²) in [4.78, 5) is 11.2. The summed E-state index contributed by atoms with van der Waals surface area (Å²) < 4.78 is 46.3. The maximum absolute atomic E-state index is 13.6. The van der Waals surface area contributed by atoms with Crippen molar-refractivity contribution in [2.45, 2.75) is 4.90 Å². The first kappa shape index (κ1) is 16.1. The summed E-state index contributed by atoms with van der Waals surface area (Å²) in [6.45, 7) is 0.136. The second-order valence-electron chi connectivity index (χ2n) is 3.61. The monoisotopic (exact) mass is 327 g/mol. The van der Waals surface area contributed by atoms with Gasteiger partial charge in [0.05, 0.1) is 10.5 Å². The van der Waals surface area contributed by atoms with Crippen molar-refractivity contribution >= 4 is 36.4 Å². The highest BCUT2D eigenvalue weighted by Gasteiger charge is 2.16. The summed E-state index contributed by atoms with van der Waals surface area (Å²) in [5.41, 5.74) is -0.300. The van der Waals surface area contributed by atoms with Gasteiger partial charge in [0.15, 0.2) is 0 Å². The van der Waals surface area contributed by atoms with Crippen molar-refractivity contribution in [1.82, 2.24) is 5.32 Å². The van der Waals surface area contributed by atoms with Crippen LogP contribution in [0.3, 0.4) is 0 Å². The van der Waals surface area contributed by atoms with Gasteiger partial charge in [-0.25, -0.2) is 12.8 Å². The molecule has 19 heavy (non-hydrogen) atoms. The first-order valence-electron chi connectivity index (χ1n) is 5.04. The molecule has 0 heterocycles. The van der Waals surface area contributed by atoms with Crippen LogP contribution in [-0.2, 0) is 19.9 Å². The van der Waals surface area contributed by atoms with Crippen LogP contribution in [-0.4, -0.2) is 37.1 Å². The Morgan fingerprint density at radius 2 is 2.11 bits per heavy atom. The summed E-state index contributed by atoms with van der Waals surface area (Å²) in [6, 6.07) is 2.75. The number of rotatable bonds is 5. The molecule has 0 radical (unpaired) electrons. The van der Waals surface area contributed by atoms with Gasteiger partial charge in [0.25, 0.3) is 15.0 Å². The SMILES string of the molecule is CS(=O)CCNC(=O)c1ccc(S(=O)(=O)Cl)cc1F. The molecule has 0 spiro atoms. The lowest BCUT2D eigenvalue weighted by molar-refractivity contribution is 0.0952. The summed E-state index contributed by atoms with van der Waals surface area (Å²) in [6.07, 6.45) is 1.48. The zero-order valence-electron chi connectivity index (χ0n) is 9.85. The quantitative estimate of drug-likeness (QED) is 0.813. The molecule has 0 aromatic heterocycles. The van der Waals surface area contributed by atoms with Gasteiger partial charge in [0.1, 0.15) is 5.82 Å². The van der Waals surface area contributed by atoms with Gasteiger partial charge in [-0.1, -0.05) is 0 Å². The van der Waals surface area contributed by atoms with Gasteiger partial charge in [-0.3, -0.25) is 9.00 Å². The van der Waals surface area contributed by atoms with E-state index in [1.165, 1.54) is 6.26 Å². The minimum atomic E-state index is -4.04. The standard InChI is InChI=1S/C10H11ClFNO4S2/c1-18(15)5-4-13-10(14)8-3-2-7(6-9(8)12)19(11,16)17/h2-3,6H,4-5H2,1H3,(H,13,14). The van der Waals surface area contributed by atoms with Crippen molar-refractivity contribution in [3.05, 3.63) is 29.6 Å². The lowest BCUT2D eigenvalue weighted by Gasteiger charge is -2.06. The van der Waals surface area contributed by atoms with Crippen molar-refractivity contribution in [2.75, 3.05) is 18.6 Å². The second kappa shape index (κ2) is 6.44. The van der Waals surface area contributed by atoms with Crippen LogP contribution in [0.4, 0.5) is 4.39 Å². The number of carbonyl (C=O) groups excluding carboxylic acids is 1. The molecule has 1 unspecified atom stereocenters. The van der Waals surface area contributed by atoms with Crippen LogP contribution >= 0.6 is 10.7 Å². The molecule has 1 atom stereocenters. The molecule has 5 nitrogen and oxygen atoms in total. The molecule has 1 N–H and O–H groups in total. The fourth-order valence-corrected chi connectivity index (χ4v) is 2.39. The third-order valence-electron chi connectivity index (χ3n) is 2.14. The third kappa shape index (κ3) is 4.88. The van der Waals surface area contributed by atoms with Crippen molar-refractivity contribution in [1.29, 1.82) is 0 Å². The zero-order valence-corrected chi connectivity index (χ0v) is 12.2. The van der Waals surface area contributed by atoms with E-state index in [1.54, 1.807) is 0 Å². The molecular formula is C10H11ClFNO4S2. The topological polar surface area (TPSA) is 80.3 Å². The number of nitrogens with one attached hydrogen (secondary N) is 1. The molecule has 0 aliphatic heterocycles. The molecule has 9 heteroatoms. The van der Waals surface area contributed by atoms with Crippen LogP contribution in [0.1, 0.15) is 10.4 Å². The van der Waals surface area contributed by atoms with Gasteiger partial charge in [-0.05, 0) is 18.2 Å². The average Bonchev–Trinajstić information content (AvgIpc) is 2.26. The van der Waals surface area contributed by atoms with E-state index >= 15 is 0 Å². The van der Waals surface area contributed by atoms with Gasteiger partial charge < -0.3 is 5.32 Å². The molecular weight excluding hydrogens is 317 g/mol. The van der Waals surface area contributed by atoms with E-state index in [1.807, 2.05) is 0 Å². The third-order valence-corrected chi connectivity index (χ3v) is 4.27. The van der Waals surface area contributed by atoms with Crippen LogP contribution in [0, 0.1) is 5.82 Å². The lowest BCUT2D eigenvalue weighted by atomic mass is 10.2. The number of hydrogen-bond acceptors (Lipinski definition) is 4. The molecule has 1 amide bonds. The molecule has 0 bridgehead atoms. The summed E-state index contributed by atoms with van der Waals surface area (Å²) in [7, 11) is -0.0480. The average molecular weight is 328 g/mol. The summed E-state index contributed by atoms with van der Waals surface area (Å²) >= 11 is 0. The summed E-state index contributed by atoms with van der Waals surface area (Å²) in [5.74, 6) is -1.44. The first-order chi connectivity index (χ1) is 8.71. The molecule has 0 aliphatic carbocycles. The van der Waals surface area contributed by atoms with Crippen LogP contribution in [0.5, 0.6) is 0 Å². The van der Waals surface area contributed by atoms with E-state index in [0.29, 0.717) is 6.07 Å². The highest BCUT2D eigenvalue weighted by Crippen LogP contribution is 2.18. The Morgan fingerprint density at radius 3 is 2.58 bits per heavy atom. The highest BCUT2D eigenvalue weighted by atomic mass is 35.7. The largest absolute Gasteiger partial charge is 0.351 e. The lowest BCUT2D eigenvalue weighted by Crippen LogP contribution is -2.28. The van der Waals surface area contributed by atoms with Gasteiger partial charge in [-0.15, -0.1) is 0 Å². The Kier molecular flexibility index (Phi) is 5.45. The van der Waals surface area contributed by atoms with Crippen molar-refractivity contribution in [3.63, 3.8) is 0 Å². The van der Waals surface area contributed by atoms with Crippen LogP contribution in [0.2, 0.25) is 0 Å². The van der Waals surface area contributed by atoms with E-state index in [-0.39, 0.29) is 17.9 Å². The van der Waals surface area contributed by atoms with Crippen molar-refractivity contribution < 1.29 is 21.8 Å². The number of benzene rings is 1. The fourth-order valence-electron chi connectivity index (χ4n) is 1.24. The molecule has 0 fully saturated rings. The number of halogens is 2. The number of amides is 1. The van der Waals surface area contributed by atoms with E-state index in [2.05, 4.69) is 5.32 Å². The fraction of sp³-hybridized carbons (Fsp3) is 0.300. The molecule has 0 saturated heterocycles. The summed E-state index contributed by atoms with van der Waals surface area (Å²) in [5, 5.41) is 2.37. The second-order valence-corrected chi connectivity index (χ2v) is 7.73. The van der Waals surface area contributed by atoms with E-state index < -0.39 is 36.5 Å². The predicted octanol–water partition coefficient (Wildman–Crippen LogP) is 0.862. The zero-order chi connectivity index (χ0) is 14.6. The van der Waals surface area contributed by atoms with Gasteiger partial charge in [0.2, 0.25) is 0 Å². The van der Waals surface area contributed by atoms with Crippen LogP contribution in [0.25, 0.3) is 0 Å². The number of carbonyl (C=O) groups is 1. The Hall–Kier alpha value is -0.990. The Morgan fingerprint density at radius 1 is 1.47 bits per heavy atom. The Labute approximate surface area is 117 Å². The molecule has 1 aromatic carbocycles. The van der Waals surface area contributed by atoms with E-state index in [4.69, 9.17) is 10.7 Å². The van der Waals surface area contributed by atoms with Crippen LogP contribution in [0.15, 0.2) is 23.1 Å². The van der Waals surface area contributed by atoms with Gasteiger partial charge in [0, 0.05) is 40.0 Å². The highest BCUT2D eigenvalue weighted by molar-refractivity contribution is 8.13. The van der Waals surface area contributed by atoms with Crippen molar-refractivity contribution in [2.24, 2.45) is 0 Å². The van der Waals surface area contributed by atoms with Gasteiger partial charge >= 0.3 is 0 Å². The predicted molar refractivity (Wildman–Crippen MR) is 70.7 cm³/mol. The minimum absolute atomic E-state index is 0.136. The molecule has 0 saturated carbocycles. The molecule has 0 aliphatic rings. The normalized spacial score (nSPS) is 13.0. The minimum Gasteiger partial charge on any atom is -0.351 e. The Bertz CT molecular complexity index is 618. The van der Waals surface area contributed by atoms with Crippen LogP contribution < -0.4 is 5.32 Å². The first-order valence-corrected chi connectivity index (χ1v) is 9.08. The molecule has 106 valence electrons. The molecule has 1 aromatic rings. The van der Waals surface area contributed by atoms with Crippen molar-refractivity contribution in [3.8, 4) is 0 Å². The van der Waals surface area contributed by atoms with E-state index in [9.17, 15) is 21.8 Å². The van der Waals surface area contributed by atoms with Gasteiger partial charge in [-0.2, -0.15) is 0 Å². The number of hydrogen-bond donors (Lipinski definition) is 1. The maximum Gasteiger partial charge on any atom is 0.261 e. The maximum atomic E-state index is 13.6.